The number of para-hydroxylation sites is 1. The van der Waals surface area contributed by atoms with Gasteiger partial charge in [-0.05, 0) is 56.9 Å². The second-order valence-electron chi connectivity index (χ2n) is 8.47. The van der Waals surface area contributed by atoms with Crippen LogP contribution in [0.5, 0.6) is 5.75 Å². The van der Waals surface area contributed by atoms with Gasteiger partial charge in [0, 0.05) is 13.1 Å². The Kier molecular flexibility index (Phi) is 6.98. The van der Waals surface area contributed by atoms with Gasteiger partial charge in [-0.15, -0.1) is 0 Å². The lowest BCUT2D eigenvalue weighted by atomic mass is 10.1. The van der Waals surface area contributed by atoms with Gasteiger partial charge in [0.2, 0.25) is 5.91 Å². The third kappa shape index (κ3) is 6.24. The number of rotatable bonds is 6. The number of benzene rings is 2. The SMILES string of the molecule is CC(C)(C)OC(=O)N1CCCC1C(=O)NCc1ccc(COc2ccccc2)cc1. The highest BCUT2D eigenvalue weighted by Gasteiger charge is 2.36. The van der Waals surface area contributed by atoms with Crippen LogP contribution in [0.2, 0.25) is 0 Å². The van der Waals surface area contributed by atoms with Crippen LogP contribution in [0.4, 0.5) is 4.79 Å². The Bertz CT molecular complexity index is 844. The highest BCUT2D eigenvalue weighted by Crippen LogP contribution is 2.21. The van der Waals surface area contributed by atoms with Crippen molar-refractivity contribution < 1.29 is 19.1 Å². The van der Waals surface area contributed by atoms with E-state index in [1.54, 1.807) is 0 Å². The number of hydrogen-bond donors (Lipinski definition) is 1. The van der Waals surface area contributed by atoms with Crippen molar-refractivity contribution in [1.29, 1.82) is 0 Å². The number of hydrogen-bond acceptors (Lipinski definition) is 4. The smallest absolute Gasteiger partial charge is 0.410 e. The number of likely N-dealkylation sites (tertiary alicyclic amines) is 1. The summed E-state index contributed by atoms with van der Waals surface area (Å²) in [5, 5.41) is 2.95. The highest BCUT2D eigenvalue weighted by molar-refractivity contribution is 5.86. The fourth-order valence-electron chi connectivity index (χ4n) is 3.32. The number of nitrogens with zero attached hydrogens (tertiary/aromatic N) is 1. The molecule has 6 nitrogen and oxygen atoms in total. The summed E-state index contributed by atoms with van der Waals surface area (Å²) in [5.74, 6) is 0.690. The van der Waals surface area contributed by atoms with Gasteiger partial charge < -0.3 is 14.8 Å². The zero-order valence-corrected chi connectivity index (χ0v) is 17.9. The Labute approximate surface area is 178 Å². The molecule has 2 aromatic rings. The van der Waals surface area contributed by atoms with Crippen molar-refractivity contribution in [3.63, 3.8) is 0 Å². The number of amides is 2. The van der Waals surface area contributed by atoms with Gasteiger partial charge in [0.25, 0.3) is 0 Å². The molecular formula is C24H30N2O4. The van der Waals surface area contributed by atoms with E-state index in [-0.39, 0.29) is 5.91 Å². The second kappa shape index (κ2) is 9.65. The van der Waals surface area contributed by atoms with Gasteiger partial charge in [-0.3, -0.25) is 9.69 Å². The fourth-order valence-corrected chi connectivity index (χ4v) is 3.32. The van der Waals surface area contributed by atoms with E-state index in [9.17, 15) is 9.59 Å². The number of nitrogens with one attached hydrogen (secondary N) is 1. The fraction of sp³-hybridized carbons (Fsp3) is 0.417. The average Bonchev–Trinajstić information content (AvgIpc) is 3.21. The molecule has 2 aromatic carbocycles. The summed E-state index contributed by atoms with van der Waals surface area (Å²) in [7, 11) is 0. The molecule has 1 N–H and O–H groups in total. The molecule has 30 heavy (non-hydrogen) atoms. The quantitative estimate of drug-likeness (QED) is 0.772. The van der Waals surface area contributed by atoms with Gasteiger partial charge in [-0.1, -0.05) is 42.5 Å². The van der Waals surface area contributed by atoms with Crippen LogP contribution in [0.3, 0.4) is 0 Å². The third-order valence-corrected chi connectivity index (χ3v) is 4.82. The Morgan fingerprint density at radius 3 is 2.37 bits per heavy atom. The summed E-state index contributed by atoms with van der Waals surface area (Å²) in [4.78, 5) is 26.5. The van der Waals surface area contributed by atoms with E-state index in [1.807, 2.05) is 75.4 Å². The van der Waals surface area contributed by atoms with E-state index in [4.69, 9.17) is 9.47 Å². The van der Waals surface area contributed by atoms with Gasteiger partial charge in [0.15, 0.2) is 0 Å². The summed E-state index contributed by atoms with van der Waals surface area (Å²) < 4.78 is 11.2. The van der Waals surface area contributed by atoms with E-state index in [1.165, 1.54) is 4.90 Å². The Hall–Kier alpha value is -3.02. The first-order chi connectivity index (χ1) is 14.3. The lowest BCUT2D eigenvalue weighted by Crippen LogP contribution is -2.47. The molecular weight excluding hydrogens is 380 g/mol. The lowest BCUT2D eigenvalue weighted by molar-refractivity contribution is -0.125. The molecule has 1 unspecified atom stereocenters. The Morgan fingerprint density at radius 1 is 1.03 bits per heavy atom. The number of ether oxygens (including phenoxy) is 2. The van der Waals surface area contributed by atoms with E-state index >= 15 is 0 Å². The van der Waals surface area contributed by atoms with Gasteiger partial charge in [0.1, 0.15) is 24.0 Å². The largest absolute Gasteiger partial charge is 0.489 e. The molecule has 1 saturated heterocycles. The molecule has 1 aliphatic rings. The van der Waals surface area contributed by atoms with Crippen molar-refractivity contribution in [1.82, 2.24) is 10.2 Å². The van der Waals surface area contributed by atoms with Crippen LogP contribution in [0.1, 0.15) is 44.7 Å². The summed E-state index contributed by atoms with van der Waals surface area (Å²) in [6.45, 7) is 6.92. The molecule has 0 spiro atoms. The molecule has 0 radical (unpaired) electrons. The highest BCUT2D eigenvalue weighted by atomic mass is 16.6. The Balaban J connectivity index is 1.48. The molecule has 1 aliphatic heterocycles. The first-order valence-corrected chi connectivity index (χ1v) is 10.3. The Morgan fingerprint density at radius 2 is 1.70 bits per heavy atom. The van der Waals surface area contributed by atoms with Crippen LogP contribution in [0, 0.1) is 0 Å². The maximum Gasteiger partial charge on any atom is 0.410 e. The molecule has 0 aliphatic carbocycles. The normalized spacial score (nSPS) is 16.2. The summed E-state index contributed by atoms with van der Waals surface area (Å²) in [5.41, 5.74) is 1.47. The van der Waals surface area contributed by atoms with Gasteiger partial charge in [0.05, 0.1) is 0 Å². The van der Waals surface area contributed by atoms with Crippen molar-refractivity contribution in [3.8, 4) is 5.75 Å². The first-order valence-electron chi connectivity index (χ1n) is 10.3. The zero-order chi connectivity index (χ0) is 21.6. The summed E-state index contributed by atoms with van der Waals surface area (Å²) >= 11 is 0. The van der Waals surface area contributed by atoms with Crippen LogP contribution >= 0.6 is 0 Å². The van der Waals surface area contributed by atoms with Crippen LogP contribution in [-0.2, 0) is 22.7 Å². The standard InChI is InChI=1S/C24H30N2O4/c1-24(2,3)30-23(28)26-15-7-10-21(26)22(27)25-16-18-11-13-19(14-12-18)17-29-20-8-5-4-6-9-20/h4-6,8-9,11-14,21H,7,10,15-17H2,1-3H3,(H,25,27). The van der Waals surface area contributed by atoms with Crippen molar-refractivity contribution in [2.24, 2.45) is 0 Å². The van der Waals surface area contributed by atoms with Gasteiger partial charge in [-0.25, -0.2) is 4.79 Å². The van der Waals surface area contributed by atoms with Crippen molar-refractivity contribution in [2.75, 3.05) is 6.54 Å². The minimum absolute atomic E-state index is 0.144. The molecule has 0 saturated carbocycles. The van der Waals surface area contributed by atoms with Crippen LogP contribution in [-0.4, -0.2) is 35.1 Å². The maximum atomic E-state index is 12.6. The molecule has 1 atom stereocenters. The molecule has 6 heteroatoms. The van der Waals surface area contributed by atoms with Crippen molar-refractivity contribution in [2.45, 2.75) is 58.4 Å². The van der Waals surface area contributed by atoms with Crippen LogP contribution in [0.15, 0.2) is 54.6 Å². The molecule has 0 aromatic heterocycles. The second-order valence-corrected chi connectivity index (χ2v) is 8.47. The van der Waals surface area contributed by atoms with Crippen molar-refractivity contribution >= 4 is 12.0 Å². The lowest BCUT2D eigenvalue weighted by Gasteiger charge is -2.28. The predicted octanol–water partition coefficient (Wildman–Crippen LogP) is 4.28. The molecule has 1 fully saturated rings. The van der Waals surface area contributed by atoms with Crippen molar-refractivity contribution in [3.05, 3.63) is 65.7 Å². The first kappa shape index (κ1) is 21.7. The average molecular weight is 411 g/mol. The molecule has 0 bridgehead atoms. The molecule has 3 rings (SSSR count). The number of carbonyl (C=O) groups is 2. The van der Waals surface area contributed by atoms with E-state index in [0.717, 1.165) is 23.3 Å². The minimum atomic E-state index is -0.577. The summed E-state index contributed by atoms with van der Waals surface area (Å²) in [6.07, 6.45) is 1.02. The van der Waals surface area contributed by atoms with E-state index < -0.39 is 17.7 Å². The van der Waals surface area contributed by atoms with Gasteiger partial charge in [-0.2, -0.15) is 0 Å². The monoisotopic (exact) mass is 410 g/mol. The van der Waals surface area contributed by atoms with E-state index in [0.29, 0.717) is 26.1 Å². The third-order valence-electron chi connectivity index (χ3n) is 4.82. The predicted molar refractivity (Wildman–Crippen MR) is 115 cm³/mol. The zero-order valence-electron chi connectivity index (χ0n) is 17.9. The summed E-state index contributed by atoms with van der Waals surface area (Å²) in [6, 6.07) is 17.1. The molecule has 2 amide bonds. The molecule has 160 valence electrons. The topological polar surface area (TPSA) is 67.9 Å². The molecule has 1 heterocycles. The van der Waals surface area contributed by atoms with Crippen LogP contribution in [0.25, 0.3) is 0 Å². The van der Waals surface area contributed by atoms with Crippen LogP contribution < -0.4 is 10.1 Å². The minimum Gasteiger partial charge on any atom is -0.489 e. The number of carbonyl (C=O) groups excluding carboxylic acids is 2. The van der Waals surface area contributed by atoms with Gasteiger partial charge >= 0.3 is 6.09 Å². The van der Waals surface area contributed by atoms with E-state index in [2.05, 4.69) is 5.32 Å². The maximum absolute atomic E-state index is 12.6.